The maximum atomic E-state index is 12.5. The molecular weight excluding hydrogens is 366 g/mol. The summed E-state index contributed by atoms with van der Waals surface area (Å²) >= 11 is 6.20. The third kappa shape index (κ3) is 6.54. The van der Waals surface area contributed by atoms with Crippen LogP contribution in [0.2, 0.25) is 0 Å². The van der Waals surface area contributed by atoms with Crippen molar-refractivity contribution in [2.75, 3.05) is 40.6 Å². The standard InChI is InChI=1S/C16H26ClN3O6/c1-5-12(17)10-11(2)20-14(16(22)26-9-7-24-4)13(18-19-20)15(21)25-8-6-23-3/h11-12H,5-10H2,1-4H3. The Labute approximate surface area is 157 Å². The highest BCUT2D eigenvalue weighted by Crippen LogP contribution is 2.22. The minimum atomic E-state index is -0.767. The molecule has 0 bridgehead atoms. The minimum Gasteiger partial charge on any atom is -0.458 e. The molecule has 2 atom stereocenters. The van der Waals surface area contributed by atoms with Gasteiger partial charge in [0.2, 0.25) is 5.69 Å². The summed E-state index contributed by atoms with van der Waals surface area (Å²) in [5.74, 6) is -1.49. The number of nitrogens with zero attached hydrogens (tertiary/aromatic N) is 3. The molecule has 0 amide bonds. The number of ether oxygens (including phenoxy) is 4. The van der Waals surface area contributed by atoms with Crippen LogP contribution in [0.3, 0.4) is 0 Å². The Morgan fingerprint density at radius 3 is 2.19 bits per heavy atom. The van der Waals surface area contributed by atoms with Gasteiger partial charge in [0.25, 0.3) is 0 Å². The van der Waals surface area contributed by atoms with Gasteiger partial charge in [0.1, 0.15) is 13.2 Å². The van der Waals surface area contributed by atoms with E-state index in [1.165, 1.54) is 18.9 Å². The van der Waals surface area contributed by atoms with E-state index in [-0.39, 0.29) is 49.2 Å². The average Bonchev–Trinajstić information content (AvgIpc) is 3.07. The maximum Gasteiger partial charge on any atom is 0.361 e. The van der Waals surface area contributed by atoms with Gasteiger partial charge < -0.3 is 18.9 Å². The van der Waals surface area contributed by atoms with Crippen LogP contribution in [0.25, 0.3) is 0 Å². The number of esters is 2. The van der Waals surface area contributed by atoms with Crippen LogP contribution < -0.4 is 0 Å². The molecule has 0 fully saturated rings. The number of carbonyl (C=O) groups excluding carboxylic acids is 2. The predicted octanol–water partition coefficient (Wildman–Crippen LogP) is 1.85. The highest BCUT2D eigenvalue weighted by atomic mass is 35.5. The molecule has 148 valence electrons. The van der Waals surface area contributed by atoms with Gasteiger partial charge in [-0.3, -0.25) is 0 Å². The Morgan fingerprint density at radius 1 is 1.08 bits per heavy atom. The molecule has 1 heterocycles. The summed E-state index contributed by atoms with van der Waals surface area (Å²) in [6, 6.07) is -0.254. The molecule has 0 radical (unpaired) electrons. The SMILES string of the molecule is CCC(Cl)CC(C)n1nnc(C(=O)OCCOC)c1C(=O)OCCOC. The second-order valence-corrected chi connectivity index (χ2v) is 6.20. The van der Waals surface area contributed by atoms with Crippen LogP contribution >= 0.6 is 11.6 Å². The molecule has 0 N–H and O–H groups in total. The van der Waals surface area contributed by atoms with Crippen LogP contribution in [0.5, 0.6) is 0 Å². The van der Waals surface area contributed by atoms with Crippen LogP contribution in [0.4, 0.5) is 0 Å². The van der Waals surface area contributed by atoms with Crippen molar-refractivity contribution < 1.29 is 28.5 Å². The lowest BCUT2D eigenvalue weighted by atomic mass is 10.1. The first-order chi connectivity index (χ1) is 12.5. The van der Waals surface area contributed by atoms with E-state index >= 15 is 0 Å². The highest BCUT2D eigenvalue weighted by molar-refractivity contribution is 6.20. The van der Waals surface area contributed by atoms with Crippen molar-refractivity contribution in [3.8, 4) is 0 Å². The van der Waals surface area contributed by atoms with Crippen molar-refractivity contribution in [1.29, 1.82) is 0 Å². The lowest BCUT2D eigenvalue weighted by molar-refractivity contribution is 0.0332. The fraction of sp³-hybridized carbons (Fsp3) is 0.750. The summed E-state index contributed by atoms with van der Waals surface area (Å²) in [5.41, 5.74) is -0.256. The molecule has 0 spiro atoms. The van der Waals surface area contributed by atoms with Crippen LogP contribution in [0, 0.1) is 0 Å². The van der Waals surface area contributed by atoms with Gasteiger partial charge in [0.05, 0.1) is 19.3 Å². The molecular formula is C16H26ClN3O6. The minimum absolute atomic E-state index is 0.0372. The van der Waals surface area contributed by atoms with Gasteiger partial charge in [0, 0.05) is 19.6 Å². The molecule has 10 heteroatoms. The summed E-state index contributed by atoms with van der Waals surface area (Å²) in [5, 5.41) is 7.67. The fourth-order valence-corrected chi connectivity index (χ4v) is 2.40. The molecule has 1 rings (SSSR count). The Bertz CT molecular complexity index is 580. The van der Waals surface area contributed by atoms with E-state index in [4.69, 9.17) is 30.5 Å². The van der Waals surface area contributed by atoms with Crippen LogP contribution in [0.1, 0.15) is 53.7 Å². The first-order valence-electron chi connectivity index (χ1n) is 8.37. The number of halogens is 1. The smallest absolute Gasteiger partial charge is 0.361 e. The van der Waals surface area contributed by atoms with E-state index in [9.17, 15) is 9.59 Å². The van der Waals surface area contributed by atoms with Gasteiger partial charge in [-0.2, -0.15) is 0 Å². The second kappa shape index (κ2) is 11.8. The molecule has 26 heavy (non-hydrogen) atoms. The third-order valence-corrected chi connectivity index (χ3v) is 4.07. The Kier molecular flexibility index (Phi) is 10.2. The van der Waals surface area contributed by atoms with Crippen LogP contribution in [0.15, 0.2) is 0 Å². The quantitative estimate of drug-likeness (QED) is 0.302. The van der Waals surface area contributed by atoms with Gasteiger partial charge in [-0.15, -0.1) is 16.7 Å². The van der Waals surface area contributed by atoms with Gasteiger partial charge in [-0.25, -0.2) is 14.3 Å². The number of carbonyl (C=O) groups is 2. The predicted molar refractivity (Wildman–Crippen MR) is 93.6 cm³/mol. The van der Waals surface area contributed by atoms with Crippen LogP contribution in [-0.2, 0) is 18.9 Å². The number of hydrogen-bond acceptors (Lipinski definition) is 8. The summed E-state index contributed by atoms with van der Waals surface area (Å²) in [4.78, 5) is 24.7. The lowest BCUT2D eigenvalue weighted by Crippen LogP contribution is -2.22. The van der Waals surface area contributed by atoms with E-state index in [1.807, 2.05) is 13.8 Å². The first kappa shape index (κ1) is 22.3. The first-order valence-corrected chi connectivity index (χ1v) is 8.81. The van der Waals surface area contributed by atoms with Crippen molar-refractivity contribution in [1.82, 2.24) is 15.0 Å². The lowest BCUT2D eigenvalue weighted by Gasteiger charge is -2.16. The summed E-state index contributed by atoms with van der Waals surface area (Å²) in [7, 11) is 2.98. The zero-order chi connectivity index (χ0) is 19.5. The number of hydrogen-bond donors (Lipinski definition) is 0. The summed E-state index contributed by atoms with van der Waals surface area (Å²) in [6.45, 7) is 4.34. The van der Waals surface area contributed by atoms with E-state index in [1.54, 1.807) is 0 Å². The summed E-state index contributed by atoms with van der Waals surface area (Å²) < 4.78 is 21.2. The van der Waals surface area contributed by atoms with Crippen molar-refractivity contribution in [2.24, 2.45) is 0 Å². The number of aromatic nitrogens is 3. The molecule has 0 aliphatic carbocycles. The molecule has 0 saturated carbocycles. The largest absolute Gasteiger partial charge is 0.458 e. The molecule has 2 unspecified atom stereocenters. The average molecular weight is 392 g/mol. The fourth-order valence-electron chi connectivity index (χ4n) is 2.14. The molecule has 9 nitrogen and oxygen atoms in total. The molecule has 1 aromatic rings. The van der Waals surface area contributed by atoms with Crippen LogP contribution in [-0.4, -0.2) is 73.0 Å². The van der Waals surface area contributed by atoms with E-state index in [0.29, 0.717) is 6.42 Å². The van der Waals surface area contributed by atoms with E-state index < -0.39 is 11.9 Å². The number of alkyl halides is 1. The Hall–Kier alpha value is -1.71. The Balaban J connectivity index is 3.05. The Morgan fingerprint density at radius 2 is 1.65 bits per heavy atom. The van der Waals surface area contributed by atoms with E-state index in [2.05, 4.69) is 10.3 Å². The normalized spacial score (nSPS) is 13.3. The van der Waals surface area contributed by atoms with Crippen molar-refractivity contribution in [3.05, 3.63) is 11.4 Å². The molecule has 1 aromatic heterocycles. The highest BCUT2D eigenvalue weighted by Gasteiger charge is 2.30. The molecule has 0 aromatic carbocycles. The van der Waals surface area contributed by atoms with Gasteiger partial charge in [0.15, 0.2) is 5.69 Å². The molecule has 0 saturated heterocycles. The van der Waals surface area contributed by atoms with Crippen molar-refractivity contribution in [3.63, 3.8) is 0 Å². The van der Waals surface area contributed by atoms with Crippen molar-refractivity contribution in [2.45, 2.75) is 38.1 Å². The summed E-state index contributed by atoms with van der Waals surface area (Å²) in [6.07, 6.45) is 1.32. The topological polar surface area (TPSA) is 102 Å². The third-order valence-electron chi connectivity index (χ3n) is 3.58. The maximum absolute atomic E-state index is 12.5. The van der Waals surface area contributed by atoms with Crippen molar-refractivity contribution >= 4 is 23.5 Å². The van der Waals surface area contributed by atoms with Gasteiger partial charge in [-0.1, -0.05) is 12.1 Å². The van der Waals surface area contributed by atoms with Gasteiger partial charge in [-0.05, 0) is 19.8 Å². The zero-order valence-electron chi connectivity index (χ0n) is 15.6. The molecule has 0 aliphatic rings. The van der Waals surface area contributed by atoms with Gasteiger partial charge >= 0.3 is 11.9 Å². The number of methoxy groups -OCH3 is 2. The second-order valence-electron chi connectivity index (χ2n) is 5.58. The zero-order valence-corrected chi connectivity index (χ0v) is 16.3. The molecule has 0 aliphatic heterocycles. The van der Waals surface area contributed by atoms with E-state index in [0.717, 1.165) is 6.42 Å². The monoisotopic (exact) mass is 391 g/mol. The number of rotatable bonds is 12.